The Hall–Kier alpha value is -5.15. The molecule has 8 nitrogen and oxygen atoms in total. The van der Waals surface area contributed by atoms with Crippen molar-refractivity contribution in [2.24, 2.45) is 0 Å². The Labute approximate surface area is 225 Å². The first-order valence-electron chi connectivity index (χ1n) is 11.9. The minimum atomic E-state index is -1.15. The lowest BCUT2D eigenvalue weighted by atomic mass is 10.1. The van der Waals surface area contributed by atoms with Gasteiger partial charge < -0.3 is 14.6 Å². The van der Waals surface area contributed by atoms with Gasteiger partial charge in [-0.05, 0) is 85.3 Å². The average molecular weight is 534 g/mol. The molecule has 0 aliphatic rings. The maximum Gasteiger partial charge on any atom is 0.335 e. The lowest BCUT2D eigenvalue weighted by Crippen LogP contribution is -2.02. The Morgan fingerprint density at radius 1 is 0.718 bits per heavy atom. The van der Waals surface area contributed by atoms with Crippen LogP contribution in [0.2, 0.25) is 0 Å². The van der Waals surface area contributed by atoms with Crippen LogP contribution in [0.15, 0.2) is 89.6 Å². The van der Waals surface area contributed by atoms with Gasteiger partial charge in [0.1, 0.15) is 11.3 Å². The molecule has 5 heterocycles. The molecule has 6 rings (SSSR count). The number of aryl methyl sites for hydroxylation is 1. The summed E-state index contributed by atoms with van der Waals surface area (Å²) in [6, 6.07) is 21.3. The number of thiophene rings is 1. The maximum absolute atomic E-state index is 11.9. The van der Waals surface area contributed by atoms with E-state index in [0.717, 1.165) is 22.1 Å². The van der Waals surface area contributed by atoms with Crippen LogP contribution < -0.4 is 0 Å². The molecule has 0 aliphatic carbocycles. The van der Waals surface area contributed by atoms with Crippen LogP contribution in [-0.4, -0.2) is 37.1 Å². The average Bonchev–Trinajstić information content (AvgIpc) is 3.58. The van der Waals surface area contributed by atoms with Crippen molar-refractivity contribution in [3.05, 3.63) is 101 Å². The van der Waals surface area contributed by atoms with Gasteiger partial charge in [0, 0.05) is 33.1 Å². The number of nitrogens with zero attached hydrogens (tertiary/aromatic N) is 3. The van der Waals surface area contributed by atoms with Crippen LogP contribution in [0.3, 0.4) is 0 Å². The minimum Gasteiger partial charge on any atom is -0.478 e. The SMILES string of the molecule is Cc1ccc(-c2ccc3oc(-c4ccnc(-c5cc(C(=O)O)cc(-c6cc(C(=O)O)ccn6)n5)c4)cc3c2)s1. The van der Waals surface area contributed by atoms with Crippen molar-refractivity contribution in [2.75, 3.05) is 0 Å². The normalized spacial score (nSPS) is 11.1. The van der Waals surface area contributed by atoms with E-state index in [2.05, 4.69) is 40.1 Å². The first-order chi connectivity index (χ1) is 18.8. The Morgan fingerprint density at radius 2 is 1.41 bits per heavy atom. The van der Waals surface area contributed by atoms with Gasteiger partial charge in [0.15, 0.2) is 0 Å². The zero-order chi connectivity index (χ0) is 27.1. The predicted molar refractivity (Wildman–Crippen MR) is 148 cm³/mol. The molecule has 0 saturated carbocycles. The second kappa shape index (κ2) is 9.62. The molecule has 9 heteroatoms. The number of hydrogen-bond acceptors (Lipinski definition) is 7. The summed E-state index contributed by atoms with van der Waals surface area (Å²) in [5.41, 5.74) is 3.81. The smallest absolute Gasteiger partial charge is 0.335 e. The fraction of sp³-hybridized carbons (Fsp3) is 0.0333. The molecule has 0 spiro atoms. The zero-order valence-electron chi connectivity index (χ0n) is 20.5. The van der Waals surface area contributed by atoms with Crippen molar-refractivity contribution in [3.8, 4) is 44.5 Å². The van der Waals surface area contributed by atoms with E-state index >= 15 is 0 Å². The molecule has 0 saturated heterocycles. The number of fused-ring (bicyclic) bond motifs is 1. The molecule has 5 aromatic heterocycles. The molecule has 0 bridgehead atoms. The van der Waals surface area contributed by atoms with Crippen molar-refractivity contribution >= 4 is 34.2 Å². The number of furan rings is 1. The van der Waals surface area contributed by atoms with Crippen molar-refractivity contribution in [1.82, 2.24) is 15.0 Å². The summed E-state index contributed by atoms with van der Waals surface area (Å²) in [6.45, 7) is 2.08. The van der Waals surface area contributed by atoms with E-state index < -0.39 is 11.9 Å². The number of carbonyl (C=O) groups is 2. The summed E-state index contributed by atoms with van der Waals surface area (Å²) >= 11 is 1.74. The number of benzene rings is 1. The van der Waals surface area contributed by atoms with Gasteiger partial charge in [-0.1, -0.05) is 0 Å². The van der Waals surface area contributed by atoms with E-state index in [4.69, 9.17) is 4.42 Å². The summed E-state index contributed by atoms with van der Waals surface area (Å²) < 4.78 is 6.13. The summed E-state index contributed by atoms with van der Waals surface area (Å²) in [7, 11) is 0. The molecular weight excluding hydrogens is 514 g/mol. The number of pyridine rings is 3. The predicted octanol–water partition coefficient (Wildman–Crippen LogP) is 7.05. The number of aromatic nitrogens is 3. The number of carboxylic acids is 2. The Balaban J connectivity index is 1.40. The van der Waals surface area contributed by atoms with Gasteiger partial charge in [-0.15, -0.1) is 11.3 Å². The summed E-state index contributed by atoms with van der Waals surface area (Å²) in [4.78, 5) is 38.9. The highest BCUT2D eigenvalue weighted by atomic mass is 32.1. The van der Waals surface area contributed by atoms with E-state index in [1.54, 1.807) is 23.6 Å². The molecule has 2 N–H and O–H groups in total. The van der Waals surface area contributed by atoms with Gasteiger partial charge in [-0.3, -0.25) is 9.97 Å². The van der Waals surface area contributed by atoms with Gasteiger partial charge in [0.25, 0.3) is 0 Å². The number of aromatic carboxylic acids is 2. The lowest BCUT2D eigenvalue weighted by Gasteiger charge is -2.08. The van der Waals surface area contributed by atoms with E-state index in [-0.39, 0.29) is 22.5 Å². The van der Waals surface area contributed by atoms with Crippen molar-refractivity contribution < 1.29 is 24.2 Å². The molecule has 0 fully saturated rings. The molecule has 0 aliphatic heterocycles. The van der Waals surface area contributed by atoms with Gasteiger partial charge in [0.2, 0.25) is 0 Å². The van der Waals surface area contributed by atoms with Crippen molar-refractivity contribution in [3.63, 3.8) is 0 Å². The largest absolute Gasteiger partial charge is 0.478 e. The molecule has 0 amide bonds. The van der Waals surface area contributed by atoms with Gasteiger partial charge in [-0.25, -0.2) is 14.6 Å². The van der Waals surface area contributed by atoms with E-state index in [1.807, 2.05) is 24.3 Å². The third-order valence-corrected chi connectivity index (χ3v) is 7.24. The lowest BCUT2D eigenvalue weighted by molar-refractivity contribution is 0.0686. The van der Waals surface area contributed by atoms with Crippen LogP contribution in [0.25, 0.3) is 55.5 Å². The van der Waals surface area contributed by atoms with Crippen LogP contribution >= 0.6 is 11.3 Å². The molecule has 0 atom stereocenters. The Bertz CT molecular complexity index is 1910. The molecule has 1 aromatic carbocycles. The first-order valence-corrected chi connectivity index (χ1v) is 12.7. The number of rotatable bonds is 6. The van der Waals surface area contributed by atoms with Crippen LogP contribution in [0, 0.1) is 6.92 Å². The molecule has 6 aromatic rings. The highest BCUT2D eigenvalue weighted by molar-refractivity contribution is 7.15. The third-order valence-electron chi connectivity index (χ3n) is 6.19. The van der Waals surface area contributed by atoms with Gasteiger partial charge in [-0.2, -0.15) is 0 Å². The van der Waals surface area contributed by atoms with Crippen molar-refractivity contribution in [1.29, 1.82) is 0 Å². The van der Waals surface area contributed by atoms with Crippen LogP contribution in [-0.2, 0) is 0 Å². The first kappa shape index (κ1) is 24.2. The quantitative estimate of drug-likeness (QED) is 0.233. The molecule has 0 unspecified atom stereocenters. The Kier molecular flexibility index (Phi) is 5.97. The molecular formula is C30H19N3O5S. The second-order valence-electron chi connectivity index (χ2n) is 8.87. The van der Waals surface area contributed by atoms with Crippen LogP contribution in [0.1, 0.15) is 25.6 Å². The van der Waals surface area contributed by atoms with Crippen molar-refractivity contribution in [2.45, 2.75) is 6.92 Å². The highest BCUT2D eigenvalue weighted by Gasteiger charge is 2.16. The summed E-state index contributed by atoms with van der Waals surface area (Å²) in [5.74, 6) is -1.64. The standard InChI is InChI=1S/C30H19N3O5S/c1-16-2-5-28(39-16)18-3-4-26-20(10-18)15-27(38-26)17-6-8-31-22(11-17)24-13-21(30(36)37)14-25(33-24)23-12-19(29(34)35)7-9-32-23/h2-15H,1H3,(H,34,35)(H,36,37). The monoisotopic (exact) mass is 533 g/mol. The van der Waals surface area contributed by atoms with E-state index in [9.17, 15) is 19.8 Å². The van der Waals surface area contributed by atoms with Crippen LogP contribution in [0.5, 0.6) is 0 Å². The van der Waals surface area contributed by atoms with Gasteiger partial charge in [0.05, 0.1) is 33.9 Å². The van der Waals surface area contributed by atoms with Gasteiger partial charge >= 0.3 is 11.9 Å². The zero-order valence-corrected chi connectivity index (χ0v) is 21.3. The fourth-order valence-corrected chi connectivity index (χ4v) is 5.14. The third kappa shape index (κ3) is 4.78. The molecule has 190 valence electrons. The minimum absolute atomic E-state index is 0.0199. The van der Waals surface area contributed by atoms with Crippen LogP contribution in [0.4, 0.5) is 0 Å². The number of hydrogen-bond donors (Lipinski definition) is 2. The number of carboxylic acid groups (broad SMARTS) is 2. The topological polar surface area (TPSA) is 126 Å². The van der Waals surface area contributed by atoms with E-state index in [0.29, 0.717) is 17.1 Å². The molecule has 0 radical (unpaired) electrons. The highest BCUT2D eigenvalue weighted by Crippen LogP contribution is 2.34. The fourth-order valence-electron chi connectivity index (χ4n) is 4.27. The summed E-state index contributed by atoms with van der Waals surface area (Å²) in [6.07, 6.45) is 2.95. The summed E-state index contributed by atoms with van der Waals surface area (Å²) in [5, 5.41) is 20.0. The maximum atomic E-state index is 11.9. The van der Waals surface area contributed by atoms with E-state index in [1.165, 1.54) is 40.2 Å². The Morgan fingerprint density at radius 3 is 2.10 bits per heavy atom. The second-order valence-corrected chi connectivity index (χ2v) is 10.2. The molecule has 39 heavy (non-hydrogen) atoms.